The van der Waals surface area contributed by atoms with Crippen molar-refractivity contribution in [3.8, 4) is 0 Å². The first-order chi connectivity index (χ1) is 8.20. The molecule has 5 heteroatoms. The Bertz CT molecular complexity index is 404. The Labute approximate surface area is 100 Å². The van der Waals surface area contributed by atoms with Crippen molar-refractivity contribution >= 4 is 11.8 Å². The Hall–Kier alpha value is -1.62. The molecule has 0 bridgehead atoms. The summed E-state index contributed by atoms with van der Waals surface area (Å²) in [6.45, 7) is 2.25. The topological polar surface area (TPSA) is 65.5 Å². The van der Waals surface area contributed by atoms with Gasteiger partial charge >= 0.3 is 6.03 Å². The van der Waals surface area contributed by atoms with Gasteiger partial charge in [-0.05, 0) is 31.9 Å². The summed E-state index contributed by atoms with van der Waals surface area (Å²) in [4.78, 5) is 17.8. The number of rotatable bonds is 4. The second kappa shape index (κ2) is 5.14. The van der Waals surface area contributed by atoms with Gasteiger partial charge in [-0.15, -0.1) is 0 Å². The van der Waals surface area contributed by atoms with Crippen molar-refractivity contribution in [2.45, 2.75) is 25.8 Å². The van der Waals surface area contributed by atoms with Crippen LogP contribution in [-0.2, 0) is 0 Å². The van der Waals surface area contributed by atoms with E-state index in [9.17, 15) is 4.79 Å². The zero-order valence-corrected chi connectivity index (χ0v) is 9.89. The van der Waals surface area contributed by atoms with Crippen LogP contribution in [0.3, 0.4) is 0 Å². The summed E-state index contributed by atoms with van der Waals surface area (Å²) in [7, 11) is 0. The first-order valence-electron chi connectivity index (χ1n) is 5.83. The number of aliphatic hydroxyl groups excluding tert-OH is 1. The Morgan fingerprint density at radius 3 is 2.94 bits per heavy atom. The number of hydrogen-bond donors (Lipinski definition) is 2. The molecule has 1 fully saturated rings. The number of aryl methyl sites for hydroxylation is 1. The van der Waals surface area contributed by atoms with Crippen LogP contribution in [0.25, 0.3) is 0 Å². The van der Waals surface area contributed by atoms with Crippen LogP contribution in [0.2, 0.25) is 0 Å². The van der Waals surface area contributed by atoms with Crippen LogP contribution in [0.1, 0.15) is 18.5 Å². The summed E-state index contributed by atoms with van der Waals surface area (Å²) >= 11 is 0. The molecule has 92 valence electrons. The van der Waals surface area contributed by atoms with Gasteiger partial charge in [0.25, 0.3) is 0 Å². The van der Waals surface area contributed by atoms with Crippen LogP contribution < -0.4 is 5.32 Å². The van der Waals surface area contributed by atoms with Gasteiger partial charge in [0.1, 0.15) is 5.82 Å². The molecule has 2 rings (SSSR count). The molecule has 5 nitrogen and oxygen atoms in total. The van der Waals surface area contributed by atoms with E-state index in [-0.39, 0.29) is 18.7 Å². The Morgan fingerprint density at radius 1 is 1.59 bits per heavy atom. The van der Waals surface area contributed by atoms with Crippen molar-refractivity contribution in [3.05, 3.63) is 23.9 Å². The lowest BCUT2D eigenvalue weighted by Gasteiger charge is -2.21. The molecule has 0 unspecified atom stereocenters. The number of urea groups is 1. The molecule has 2 N–H and O–H groups in total. The zero-order valence-electron chi connectivity index (χ0n) is 9.89. The largest absolute Gasteiger partial charge is 0.395 e. The van der Waals surface area contributed by atoms with Crippen molar-refractivity contribution in [2.24, 2.45) is 0 Å². The highest BCUT2D eigenvalue weighted by Crippen LogP contribution is 2.26. The Morgan fingerprint density at radius 2 is 2.35 bits per heavy atom. The molecule has 1 aromatic rings. The van der Waals surface area contributed by atoms with E-state index in [4.69, 9.17) is 5.11 Å². The zero-order chi connectivity index (χ0) is 12.3. The van der Waals surface area contributed by atoms with Crippen molar-refractivity contribution in [1.82, 2.24) is 9.88 Å². The Balaban J connectivity index is 1.99. The number of carbonyl (C=O) groups is 1. The molecule has 2 amide bonds. The molecule has 1 aliphatic carbocycles. The minimum atomic E-state index is -0.181. The number of amides is 2. The summed E-state index contributed by atoms with van der Waals surface area (Å²) in [5, 5.41) is 11.7. The summed E-state index contributed by atoms with van der Waals surface area (Å²) in [6.07, 6.45) is 2.04. The quantitative estimate of drug-likeness (QED) is 0.828. The van der Waals surface area contributed by atoms with Gasteiger partial charge in [0.15, 0.2) is 0 Å². The first-order valence-corrected chi connectivity index (χ1v) is 5.83. The smallest absolute Gasteiger partial charge is 0.323 e. The van der Waals surface area contributed by atoms with Gasteiger partial charge in [-0.2, -0.15) is 0 Å². The number of anilines is 1. The van der Waals surface area contributed by atoms with E-state index in [1.807, 2.05) is 19.1 Å². The standard InChI is InChI=1S/C12H17N3O2/c1-9-3-2-4-11(13-9)14-12(17)15(7-8-16)10-5-6-10/h2-4,10,16H,5-8H2,1H3,(H,13,14,17). The fraction of sp³-hybridized carbons (Fsp3) is 0.500. The van der Waals surface area contributed by atoms with Gasteiger partial charge in [0.2, 0.25) is 0 Å². The van der Waals surface area contributed by atoms with E-state index in [1.54, 1.807) is 11.0 Å². The summed E-state index contributed by atoms with van der Waals surface area (Å²) in [5.74, 6) is 0.554. The fourth-order valence-corrected chi connectivity index (χ4v) is 1.74. The molecule has 0 saturated heterocycles. The maximum atomic E-state index is 12.0. The molecule has 0 radical (unpaired) electrons. The third-order valence-electron chi connectivity index (χ3n) is 2.71. The number of nitrogens with one attached hydrogen (secondary N) is 1. The van der Waals surface area contributed by atoms with Gasteiger partial charge in [-0.3, -0.25) is 5.32 Å². The average molecular weight is 235 g/mol. The van der Waals surface area contributed by atoms with Crippen molar-refractivity contribution in [2.75, 3.05) is 18.5 Å². The average Bonchev–Trinajstić information content (AvgIpc) is 3.09. The van der Waals surface area contributed by atoms with E-state index in [0.717, 1.165) is 18.5 Å². The lowest BCUT2D eigenvalue weighted by atomic mass is 10.4. The number of aromatic nitrogens is 1. The van der Waals surface area contributed by atoms with E-state index in [1.165, 1.54) is 0 Å². The molecule has 17 heavy (non-hydrogen) atoms. The summed E-state index contributed by atoms with van der Waals surface area (Å²) in [5.41, 5.74) is 0.864. The van der Waals surface area contributed by atoms with Crippen LogP contribution in [0.4, 0.5) is 10.6 Å². The number of pyridine rings is 1. The van der Waals surface area contributed by atoms with Crippen molar-refractivity contribution in [1.29, 1.82) is 0 Å². The van der Waals surface area contributed by atoms with Crippen molar-refractivity contribution < 1.29 is 9.90 Å². The first kappa shape index (κ1) is 11.9. The van der Waals surface area contributed by atoms with Gasteiger partial charge in [0, 0.05) is 18.3 Å². The minimum absolute atomic E-state index is 0.00876. The van der Waals surface area contributed by atoms with E-state index in [2.05, 4.69) is 10.3 Å². The summed E-state index contributed by atoms with van der Waals surface area (Å²) in [6, 6.07) is 5.59. The van der Waals surface area contributed by atoms with Crippen LogP contribution in [-0.4, -0.2) is 40.2 Å². The maximum absolute atomic E-state index is 12.0. The number of carbonyl (C=O) groups excluding carboxylic acids is 1. The van der Waals surface area contributed by atoms with Gasteiger partial charge in [-0.1, -0.05) is 6.07 Å². The highest BCUT2D eigenvalue weighted by atomic mass is 16.3. The van der Waals surface area contributed by atoms with Crippen LogP contribution in [0.5, 0.6) is 0 Å². The van der Waals surface area contributed by atoms with E-state index < -0.39 is 0 Å². The van der Waals surface area contributed by atoms with Crippen LogP contribution in [0, 0.1) is 6.92 Å². The van der Waals surface area contributed by atoms with Crippen molar-refractivity contribution in [3.63, 3.8) is 0 Å². The normalized spacial score (nSPS) is 14.5. The predicted molar refractivity (Wildman–Crippen MR) is 64.8 cm³/mol. The molecule has 0 spiro atoms. The molecule has 1 heterocycles. The second-order valence-electron chi connectivity index (χ2n) is 4.24. The highest BCUT2D eigenvalue weighted by Gasteiger charge is 2.32. The van der Waals surface area contributed by atoms with E-state index in [0.29, 0.717) is 12.4 Å². The SMILES string of the molecule is Cc1cccc(NC(=O)N(CCO)C2CC2)n1. The predicted octanol–water partition coefficient (Wildman–Crippen LogP) is 1.38. The number of hydrogen-bond acceptors (Lipinski definition) is 3. The maximum Gasteiger partial charge on any atom is 0.323 e. The lowest BCUT2D eigenvalue weighted by molar-refractivity contribution is 0.185. The molecule has 1 aliphatic rings. The van der Waals surface area contributed by atoms with Gasteiger partial charge in [-0.25, -0.2) is 9.78 Å². The molecule has 1 saturated carbocycles. The second-order valence-corrected chi connectivity index (χ2v) is 4.24. The molecule has 1 aromatic heterocycles. The number of aliphatic hydroxyl groups is 1. The summed E-state index contributed by atoms with van der Waals surface area (Å²) < 4.78 is 0. The third-order valence-corrected chi connectivity index (χ3v) is 2.71. The molecular formula is C12H17N3O2. The van der Waals surface area contributed by atoms with Crippen LogP contribution in [0.15, 0.2) is 18.2 Å². The highest BCUT2D eigenvalue weighted by molar-refractivity contribution is 5.88. The third kappa shape index (κ3) is 3.17. The monoisotopic (exact) mass is 235 g/mol. The molecular weight excluding hydrogens is 218 g/mol. The van der Waals surface area contributed by atoms with E-state index >= 15 is 0 Å². The lowest BCUT2D eigenvalue weighted by Crippen LogP contribution is -2.38. The molecule has 0 aromatic carbocycles. The molecule has 0 atom stereocenters. The van der Waals surface area contributed by atoms with Crippen LogP contribution >= 0.6 is 0 Å². The molecule has 0 aliphatic heterocycles. The van der Waals surface area contributed by atoms with Gasteiger partial charge in [0.05, 0.1) is 6.61 Å². The fourth-order valence-electron chi connectivity index (χ4n) is 1.74. The minimum Gasteiger partial charge on any atom is -0.395 e. The Kier molecular flexibility index (Phi) is 3.58. The van der Waals surface area contributed by atoms with Gasteiger partial charge < -0.3 is 10.0 Å². The number of nitrogens with zero attached hydrogens (tertiary/aromatic N) is 2.